The molecule has 4 nitrogen and oxygen atoms in total. The van der Waals surface area contributed by atoms with E-state index in [1.165, 1.54) is 23.8 Å². The molecule has 1 heterocycles. The largest absolute Gasteiger partial charge is 0.478 e. The first kappa shape index (κ1) is 11.1. The molecule has 1 aromatic rings. The smallest absolute Gasteiger partial charge is 0.338 e. The highest BCUT2D eigenvalue weighted by atomic mass is 32.1. The predicted molar refractivity (Wildman–Crippen MR) is 61.9 cm³/mol. The molecule has 0 aliphatic heterocycles. The zero-order valence-electron chi connectivity index (χ0n) is 8.73. The van der Waals surface area contributed by atoms with Crippen LogP contribution in [0.3, 0.4) is 0 Å². The van der Waals surface area contributed by atoms with Gasteiger partial charge in [-0.15, -0.1) is 11.3 Å². The number of aromatic carboxylic acids is 1. The molecule has 1 amide bonds. The van der Waals surface area contributed by atoms with Crippen LogP contribution in [-0.4, -0.2) is 17.0 Å². The van der Waals surface area contributed by atoms with Gasteiger partial charge in [0, 0.05) is 6.42 Å². The average Bonchev–Trinajstić information content (AvgIpc) is 2.59. The van der Waals surface area contributed by atoms with Crippen LogP contribution in [0.15, 0.2) is 11.4 Å². The molecule has 0 radical (unpaired) electrons. The molecule has 16 heavy (non-hydrogen) atoms. The number of rotatable bonds is 4. The maximum atomic E-state index is 11.6. The number of carboxylic acids is 1. The molecule has 5 heteroatoms. The molecule has 1 aliphatic carbocycles. The molecule has 1 saturated carbocycles. The Hall–Kier alpha value is -1.36. The van der Waals surface area contributed by atoms with E-state index < -0.39 is 5.97 Å². The molecule has 0 spiro atoms. The van der Waals surface area contributed by atoms with Gasteiger partial charge in [0.2, 0.25) is 5.91 Å². The van der Waals surface area contributed by atoms with E-state index in [4.69, 9.17) is 5.11 Å². The van der Waals surface area contributed by atoms with Crippen molar-refractivity contribution in [3.63, 3.8) is 0 Å². The summed E-state index contributed by atoms with van der Waals surface area (Å²) in [5.74, 6) is -0.580. The Bertz CT molecular complexity index is 409. The Morgan fingerprint density at radius 2 is 2.25 bits per heavy atom. The number of carbonyl (C=O) groups is 2. The van der Waals surface area contributed by atoms with Crippen LogP contribution >= 0.6 is 11.3 Å². The molecule has 0 saturated heterocycles. The normalized spacial score (nSPS) is 15.5. The highest BCUT2D eigenvalue weighted by Gasteiger charge is 2.21. The second kappa shape index (κ2) is 4.65. The van der Waals surface area contributed by atoms with E-state index in [9.17, 15) is 9.59 Å². The molecule has 0 atom stereocenters. The summed E-state index contributed by atoms with van der Waals surface area (Å²) in [5, 5.41) is 13.6. The number of nitrogens with one attached hydrogen (secondary N) is 1. The van der Waals surface area contributed by atoms with Gasteiger partial charge in [-0.3, -0.25) is 4.79 Å². The molecule has 0 aromatic carbocycles. The van der Waals surface area contributed by atoms with Crippen LogP contribution in [0.5, 0.6) is 0 Å². The zero-order valence-corrected chi connectivity index (χ0v) is 9.55. The van der Waals surface area contributed by atoms with Gasteiger partial charge in [0.15, 0.2) is 0 Å². The lowest BCUT2D eigenvalue weighted by atomic mass is 9.83. The van der Waals surface area contributed by atoms with Gasteiger partial charge < -0.3 is 10.4 Å². The lowest BCUT2D eigenvalue weighted by molar-refractivity contribution is -0.117. The molecule has 86 valence electrons. The van der Waals surface area contributed by atoms with Crippen LogP contribution in [0.25, 0.3) is 0 Å². The molecular formula is C11H13NO3S. The molecule has 0 unspecified atom stereocenters. The van der Waals surface area contributed by atoms with Gasteiger partial charge in [0.05, 0.1) is 5.56 Å². The van der Waals surface area contributed by atoms with Crippen LogP contribution in [0, 0.1) is 5.92 Å². The monoisotopic (exact) mass is 239 g/mol. The minimum atomic E-state index is -1.000. The van der Waals surface area contributed by atoms with E-state index in [2.05, 4.69) is 5.32 Å². The van der Waals surface area contributed by atoms with Crippen molar-refractivity contribution in [3.8, 4) is 0 Å². The third-order valence-corrected chi connectivity index (χ3v) is 3.68. The van der Waals surface area contributed by atoms with Crippen molar-refractivity contribution in [1.82, 2.24) is 0 Å². The van der Waals surface area contributed by atoms with Crippen LogP contribution < -0.4 is 5.32 Å². The maximum Gasteiger partial charge on any atom is 0.338 e. The van der Waals surface area contributed by atoms with E-state index in [0.29, 0.717) is 17.3 Å². The third-order valence-electron chi connectivity index (χ3n) is 2.85. The average molecular weight is 239 g/mol. The first-order valence-corrected chi connectivity index (χ1v) is 6.15. The van der Waals surface area contributed by atoms with Crippen LogP contribution in [0.2, 0.25) is 0 Å². The van der Waals surface area contributed by atoms with Crippen molar-refractivity contribution in [1.29, 1.82) is 0 Å². The molecule has 2 rings (SSSR count). The summed E-state index contributed by atoms with van der Waals surface area (Å²) < 4.78 is 0. The van der Waals surface area contributed by atoms with E-state index in [1.807, 2.05) is 0 Å². The minimum absolute atomic E-state index is 0.0744. The second-order valence-corrected chi connectivity index (χ2v) is 4.93. The quantitative estimate of drug-likeness (QED) is 0.848. The first-order chi connectivity index (χ1) is 7.66. The maximum absolute atomic E-state index is 11.6. The second-order valence-electron chi connectivity index (χ2n) is 4.02. The zero-order chi connectivity index (χ0) is 11.5. The van der Waals surface area contributed by atoms with E-state index in [1.54, 1.807) is 5.38 Å². The standard InChI is InChI=1S/C11H13NO3S/c13-9(6-7-2-1-3-7)12-10-8(11(14)15)4-5-16-10/h4-5,7H,1-3,6H2,(H,12,13)(H,14,15). The Kier molecular flexibility index (Phi) is 3.24. The SMILES string of the molecule is O=C(CC1CCC1)Nc1sccc1C(=O)O. The molecule has 1 aromatic heterocycles. The van der Waals surface area contributed by atoms with Crippen LogP contribution in [0.1, 0.15) is 36.0 Å². The van der Waals surface area contributed by atoms with Crippen LogP contribution in [0.4, 0.5) is 5.00 Å². The summed E-state index contributed by atoms with van der Waals surface area (Å²) in [6.07, 6.45) is 3.95. The fraction of sp³-hybridized carbons (Fsp3) is 0.455. The van der Waals surface area contributed by atoms with Crippen molar-refractivity contribution in [2.24, 2.45) is 5.92 Å². The molecular weight excluding hydrogens is 226 g/mol. The first-order valence-electron chi connectivity index (χ1n) is 5.27. The number of anilines is 1. The van der Waals surface area contributed by atoms with Gasteiger partial charge in [-0.05, 0) is 30.2 Å². The summed E-state index contributed by atoms with van der Waals surface area (Å²) >= 11 is 1.25. The van der Waals surface area contributed by atoms with Crippen molar-refractivity contribution < 1.29 is 14.7 Å². The summed E-state index contributed by atoms with van der Waals surface area (Å²) in [6.45, 7) is 0. The van der Waals surface area contributed by atoms with Crippen molar-refractivity contribution in [2.45, 2.75) is 25.7 Å². The van der Waals surface area contributed by atoms with E-state index >= 15 is 0 Å². The summed E-state index contributed by atoms with van der Waals surface area (Å²) in [6, 6.07) is 1.51. The lowest BCUT2D eigenvalue weighted by Crippen LogP contribution is -2.21. The highest BCUT2D eigenvalue weighted by Crippen LogP contribution is 2.30. The Morgan fingerprint density at radius 1 is 1.50 bits per heavy atom. The topological polar surface area (TPSA) is 66.4 Å². The number of carbonyl (C=O) groups excluding carboxylic acids is 1. The number of carboxylic acid groups (broad SMARTS) is 1. The van der Waals surface area contributed by atoms with Gasteiger partial charge in [-0.25, -0.2) is 4.79 Å². The minimum Gasteiger partial charge on any atom is -0.478 e. The molecule has 2 N–H and O–H groups in total. The number of hydrogen-bond acceptors (Lipinski definition) is 3. The Balaban J connectivity index is 1.94. The molecule has 1 fully saturated rings. The summed E-state index contributed by atoms with van der Waals surface area (Å²) in [5.41, 5.74) is 0.173. The van der Waals surface area contributed by atoms with Crippen molar-refractivity contribution in [2.75, 3.05) is 5.32 Å². The number of thiophene rings is 1. The fourth-order valence-corrected chi connectivity index (χ4v) is 2.51. The highest BCUT2D eigenvalue weighted by molar-refractivity contribution is 7.14. The van der Waals surface area contributed by atoms with E-state index in [-0.39, 0.29) is 11.5 Å². The summed E-state index contributed by atoms with van der Waals surface area (Å²) in [7, 11) is 0. The predicted octanol–water partition coefficient (Wildman–Crippen LogP) is 2.58. The van der Waals surface area contributed by atoms with Gasteiger partial charge in [-0.2, -0.15) is 0 Å². The van der Waals surface area contributed by atoms with Gasteiger partial charge >= 0.3 is 5.97 Å². The summed E-state index contributed by atoms with van der Waals surface area (Å²) in [4.78, 5) is 22.4. The van der Waals surface area contributed by atoms with Crippen molar-refractivity contribution >= 4 is 28.2 Å². The molecule has 0 bridgehead atoms. The number of hydrogen-bond donors (Lipinski definition) is 2. The lowest BCUT2D eigenvalue weighted by Gasteiger charge is -2.24. The molecule has 1 aliphatic rings. The third kappa shape index (κ3) is 2.41. The van der Waals surface area contributed by atoms with Gasteiger partial charge in [-0.1, -0.05) is 6.42 Å². The fourth-order valence-electron chi connectivity index (χ4n) is 1.71. The van der Waals surface area contributed by atoms with Crippen molar-refractivity contribution in [3.05, 3.63) is 17.0 Å². The van der Waals surface area contributed by atoms with Gasteiger partial charge in [0.1, 0.15) is 5.00 Å². The van der Waals surface area contributed by atoms with Crippen LogP contribution in [-0.2, 0) is 4.79 Å². The van der Waals surface area contributed by atoms with Gasteiger partial charge in [0.25, 0.3) is 0 Å². The Labute approximate surface area is 97.3 Å². The number of amides is 1. The Morgan fingerprint density at radius 3 is 2.81 bits per heavy atom. The van der Waals surface area contributed by atoms with E-state index in [0.717, 1.165) is 12.8 Å².